The van der Waals surface area contributed by atoms with E-state index in [4.69, 9.17) is 20.0 Å². The Hall–Kier alpha value is -2.22. The maximum Gasteiger partial charge on any atom is 0.141 e. The summed E-state index contributed by atoms with van der Waals surface area (Å²) in [5.74, 6) is 1.54. The Morgan fingerprint density at radius 3 is 2.64 bits per heavy atom. The number of benzene rings is 1. The van der Waals surface area contributed by atoms with E-state index in [2.05, 4.69) is 27.9 Å². The van der Waals surface area contributed by atoms with E-state index in [9.17, 15) is 5.11 Å². The van der Waals surface area contributed by atoms with E-state index in [0.29, 0.717) is 12.1 Å². The van der Waals surface area contributed by atoms with Gasteiger partial charge in [0.15, 0.2) is 0 Å². The van der Waals surface area contributed by atoms with Crippen molar-refractivity contribution in [2.75, 3.05) is 13.7 Å². The van der Waals surface area contributed by atoms with Crippen molar-refractivity contribution in [3.05, 3.63) is 35.5 Å². The fourth-order valence-corrected chi connectivity index (χ4v) is 4.43. The normalized spacial score (nSPS) is 21.3. The molecular weight excluding hydrogens is 356 g/mol. The summed E-state index contributed by atoms with van der Waals surface area (Å²) in [6.07, 6.45) is 4.39. The van der Waals surface area contributed by atoms with Crippen LogP contribution in [0, 0.1) is 13.8 Å². The number of aryl methyl sites for hydroxylation is 2. The van der Waals surface area contributed by atoms with Crippen molar-refractivity contribution in [2.24, 2.45) is 5.73 Å². The van der Waals surface area contributed by atoms with Gasteiger partial charge in [0.25, 0.3) is 0 Å². The third-order valence-electron chi connectivity index (χ3n) is 5.91. The van der Waals surface area contributed by atoms with Crippen molar-refractivity contribution in [3.63, 3.8) is 0 Å². The molecule has 1 fully saturated rings. The van der Waals surface area contributed by atoms with Gasteiger partial charge in [-0.3, -0.25) is 0 Å². The van der Waals surface area contributed by atoms with Gasteiger partial charge in [-0.05, 0) is 57.2 Å². The Morgan fingerprint density at radius 1 is 1.29 bits per heavy atom. The van der Waals surface area contributed by atoms with Crippen molar-refractivity contribution < 1.29 is 14.4 Å². The maximum atomic E-state index is 9.67. The van der Waals surface area contributed by atoms with E-state index in [1.54, 1.807) is 7.11 Å². The number of imidazole rings is 1. The molecule has 1 saturated carbocycles. The van der Waals surface area contributed by atoms with E-state index in [0.717, 1.165) is 65.1 Å². The zero-order valence-electron chi connectivity index (χ0n) is 16.7. The number of ether oxygens (including phenoxy) is 1. The molecule has 0 radical (unpaired) electrons. The topological polar surface area (TPSA) is 99.3 Å². The quantitative estimate of drug-likeness (QED) is 0.699. The summed E-state index contributed by atoms with van der Waals surface area (Å²) in [7, 11) is 1.78. The molecule has 2 aromatic heterocycles. The summed E-state index contributed by atoms with van der Waals surface area (Å²) >= 11 is 0. The second-order valence-electron chi connectivity index (χ2n) is 7.70. The molecule has 1 aliphatic rings. The molecule has 7 heteroatoms. The highest BCUT2D eigenvalue weighted by Gasteiger charge is 2.27. The van der Waals surface area contributed by atoms with Gasteiger partial charge in [-0.2, -0.15) is 0 Å². The number of nitrogens with zero attached hydrogens (tertiary/aromatic N) is 3. The van der Waals surface area contributed by atoms with Crippen molar-refractivity contribution in [2.45, 2.75) is 57.7 Å². The fourth-order valence-electron chi connectivity index (χ4n) is 4.43. The van der Waals surface area contributed by atoms with Gasteiger partial charge in [0.1, 0.15) is 11.6 Å². The first-order chi connectivity index (χ1) is 13.5. The monoisotopic (exact) mass is 384 g/mol. The standard InChI is InChI=1S/C21H28N4O3/c1-12-20(13(2)28-24-12)14-4-9-19-18(10-14)23-21(17(22)11-26)25(19)15-5-7-16(27-3)8-6-15/h4,9-10,15-17,26H,5-8,11,22H2,1-3H3/t15?,16?,17-/m0/s1. The van der Waals surface area contributed by atoms with Gasteiger partial charge < -0.3 is 24.7 Å². The molecule has 1 atom stereocenters. The van der Waals surface area contributed by atoms with E-state index in [1.807, 2.05) is 13.8 Å². The van der Waals surface area contributed by atoms with Crippen LogP contribution in [0.4, 0.5) is 0 Å². The van der Waals surface area contributed by atoms with Crippen LogP contribution >= 0.6 is 0 Å². The van der Waals surface area contributed by atoms with E-state index in [1.165, 1.54) is 0 Å². The highest BCUT2D eigenvalue weighted by atomic mass is 16.5. The lowest BCUT2D eigenvalue weighted by atomic mass is 9.92. The summed E-state index contributed by atoms with van der Waals surface area (Å²) in [6, 6.07) is 6.05. The molecule has 28 heavy (non-hydrogen) atoms. The molecule has 1 aliphatic carbocycles. The second kappa shape index (κ2) is 7.66. The van der Waals surface area contributed by atoms with Gasteiger partial charge in [-0.15, -0.1) is 0 Å². The number of methoxy groups -OCH3 is 1. The average Bonchev–Trinajstić information content (AvgIpc) is 3.26. The molecule has 1 aromatic carbocycles. The smallest absolute Gasteiger partial charge is 0.141 e. The summed E-state index contributed by atoms with van der Waals surface area (Å²) in [6.45, 7) is 3.73. The number of fused-ring (bicyclic) bond motifs is 1. The summed E-state index contributed by atoms with van der Waals surface area (Å²) in [5, 5.41) is 13.7. The average molecular weight is 384 g/mol. The summed E-state index contributed by atoms with van der Waals surface area (Å²) < 4.78 is 13.1. The number of aromatic nitrogens is 3. The van der Waals surface area contributed by atoms with Crippen molar-refractivity contribution in [1.29, 1.82) is 0 Å². The Bertz CT molecular complexity index is 950. The molecular formula is C21H28N4O3. The van der Waals surface area contributed by atoms with Gasteiger partial charge in [-0.25, -0.2) is 4.98 Å². The Kier molecular flexibility index (Phi) is 5.23. The van der Waals surface area contributed by atoms with Crippen molar-refractivity contribution >= 4 is 11.0 Å². The number of aliphatic hydroxyl groups is 1. The second-order valence-corrected chi connectivity index (χ2v) is 7.70. The molecule has 0 aliphatic heterocycles. The molecule has 0 bridgehead atoms. The van der Waals surface area contributed by atoms with E-state index >= 15 is 0 Å². The minimum atomic E-state index is -0.505. The van der Waals surface area contributed by atoms with E-state index < -0.39 is 6.04 Å². The fraction of sp³-hybridized carbons (Fsp3) is 0.524. The predicted molar refractivity (Wildman–Crippen MR) is 107 cm³/mol. The van der Waals surface area contributed by atoms with Gasteiger partial charge >= 0.3 is 0 Å². The Morgan fingerprint density at radius 2 is 2.04 bits per heavy atom. The number of hydrogen-bond acceptors (Lipinski definition) is 6. The van der Waals surface area contributed by atoms with Crippen molar-refractivity contribution in [1.82, 2.24) is 14.7 Å². The van der Waals surface area contributed by atoms with Crippen LogP contribution < -0.4 is 5.73 Å². The third-order valence-corrected chi connectivity index (χ3v) is 5.91. The molecule has 4 rings (SSSR count). The molecule has 2 heterocycles. The minimum absolute atomic E-state index is 0.131. The van der Waals surface area contributed by atoms with Crippen LogP contribution in [0.1, 0.15) is 55.0 Å². The molecule has 0 unspecified atom stereocenters. The van der Waals surface area contributed by atoms with Crippen LogP contribution in [-0.2, 0) is 4.74 Å². The predicted octanol–water partition coefficient (Wildman–Crippen LogP) is 3.43. The highest BCUT2D eigenvalue weighted by molar-refractivity contribution is 5.83. The Labute approximate surface area is 164 Å². The summed E-state index contributed by atoms with van der Waals surface area (Å²) in [4.78, 5) is 4.82. The lowest BCUT2D eigenvalue weighted by Crippen LogP contribution is -2.27. The lowest BCUT2D eigenvalue weighted by molar-refractivity contribution is 0.0583. The largest absolute Gasteiger partial charge is 0.394 e. The molecule has 0 spiro atoms. The number of hydrogen-bond donors (Lipinski definition) is 2. The van der Waals surface area contributed by atoms with Crippen LogP contribution in [0.25, 0.3) is 22.2 Å². The van der Waals surface area contributed by atoms with Gasteiger partial charge in [0, 0.05) is 18.7 Å². The number of rotatable bonds is 5. The first-order valence-corrected chi connectivity index (χ1v) is 9.87. The van der Waals surface area contributed by atoms with Crippen molar-refractivity contribution in [3.8, 4) is 11.1 Å². The number of nitrogens with two attached hydrogens (primary N) is 1. The highest BCUT2D eigenvalue weighted by Crippen LogP contribution is 2.36. The molecule has 0 amide bonds. The third kappa shape index (κ3) is 3.23. The lowest BCUT2D eigenvalue weighted by Gasteiger charge is -2.30. The minimum Gasteiger partial charge on any atom is -0.394 e. The molecule has 150 valence electrons. The van der Waals surface area contributed by atoms with Crippen LogP contribution in [0.15, 0.2) is 22.7 Å². The SMILES string of the molecule is COC1CCC(n2c([C@@H](N)CO)nc3cc(-c4c(C)noc4C)ccc32)CC1. The maximum absolute atomic E-state index is 9.67. The Balaban J connectivity index is 1.79. The van der Waals surface area contributed by atoms with Crippen LogP contribution in [-0.4, -0.2) is 39.6 Å². The zero-order valence-corrected chi connectivity index (χ0v) is 16.7. The molecule has 7 nitrogen and oxygen atoms in total. The summed E-state index contributed by atoms with van der Waals surface area (Å²) in [5.41, 5.74) is 11.0. The van der Waals surface area contributed by atoms with Crippen LogP contribution in [0.3, 0.4) is 0 Å². The van der Waals surface area contributed by atoms with Crippen LogP contribution in [0.5, 0.6) is 0 Å². The first-order valence-electron chi connectivity index (χ1n) is 9.87. The van der Waals surface area contributed by atoms with Gasteiger partial charge in [0.2, 0.25) is 0 Å². The first kappa shape index (κ1) is 19.1. The molecule has 3 N–H and O–H groups in total. The molecule has 3 aromatic rings. The molecule has 0 saturated heterocycles. The number of aliphatic hydroxyl groups excluding tert-OH is 1. The van der Waals surface area contributed by atoms with Crippen LogP contribution in [0.2, 0.25) is 0 Å². The van der Waals surface area contributed by atoms with E-state index in [-0.39, 0.29) is 6.61 Å². The van der Waals surface area contributed by atoms with Gasteiger partial charge in [0.05, 0.1) is 35.5 Å². The zero-order chi connectivity index (χ0) is 19.8. The van der Waals surface area contributed by atoms with Gasteiger partial charge in [-0.1, -0.05) is 11.2 Å².